The lowest BCUT2D eigenvalue weighted by Gasteiger charge is -2.06. The molecular formula is C22H15Cl3FN3O3. The van der Waals surface area contributed by atoms with Gasteiger partial charge in [-0.1, -0.05) is 46.9 Å². The average Bonchev–Trinajstić information content (AvgIpc) is 3.34. The lowest BCUT2D eigenvalue weighted by atomic mass is 10.2. The molecule has 10 heteroatoms. The fourth-order valence-electron chi connectivity index (χ4n) is 2.87. The molecule has 32 heavy (non-hydrogen) atoms. The number of nitrogens with zero attached hydrogens (tertiary/aromatic N) is 2. The molecule has 0 radical (unpaired) electrons. The average molecular weight is 495 g/mol. The van der Waals surface area contributed by atoms with Crippen LogP contribution in [0.5, 0.6) is 5.75 Å². The number of hydrogen-bond donors (Lipinski definition) is 1. The standard InChI is InChI=1S/C22H15Cl3FN3O3/c23-14-4-6-19(17(24)9-14)31-12-16-5-7-20(32-16)22(30)27-21-18(25)11-29(28-21)10-13-2-1-3-15(26)8-13/h1-9,11H,10,12H2,(H,27,28,30). The van der Waals surface area contributed by atoms with E-state index in [9.17, 15) is 9.18 Å². The summed E-state index contributed by atoms with van der Waals surface area (Å²) in [6.45, 7) is 0.362. The van der Waals surface area contributed by atoms with Gasteiger partial charge in [-0.05, 0) is 48.0 Å². The van der Waals surface area contributed by atoms with Gasteiger partial charge in [0.1, 0.15) is 29.0 Å². The second-order valence-electron chi connectivity index (χ2n) is 6.74. The molecule has 6 nitrogen and oxygen atoms in total. The summed E-state index contributed by atoms with van der Waals surface area (Å²) in [4.78, 5) is 12.5. The summed E-state index contributed by atoms with van der Waals surface area (Å²) in [7, 11) is 0. The van der Waals surface area contributed by atoms with Gasteiger partial charge in [0, 0.05) is 11.2 Å². The molecule has 4 aromatic rings. The maximum absolute atomic E-state index is 13.4. The molecule has 0 unspecified atom stereocenters. The Morgan fingerprint density at radius 2 is 1.94 bits per heavy atom. The van der Waals surface area contributed by atoms with Crippen molar-refractivity contribution in [2.24, 2.45) is 0 Å². The van der Waals surface area contributed by atoms with Crippen LogP contribution in [0.1, 0.15) is 21.9 Å². The van der Waals surface area contributed by atoms with Gasteiger partial charge < -0.3 is 14.5 Å². The largest absolute Gasteiger partial charge is 0.484 e. The van der Waals surface area contributed by atoms with Crippen LogP contribution in [0.25, 0.3) is 0 Å². The molecule has 2 heterocycles. The highest BCUT2D eigenvalue weighted by Crippen LogP contribution is 2.28. The van der Waals surface area contributed by atoms with Crippen molar-refractivity contribution >= 4 is 46.5 Å². The van der Waals surface area contributed by atoms with Gasteiger partial charge in [0.15, 0.2) is 11.6 Å². The van der Waals surface area contributed by atoms with Crippen LogP contribution in [-0.2, 0) is 13.2 Å². The van der Waals surface area contributed by atoms with Gasteiger partial charge >= 0.3 is 0 Å². The van der Waals surface area contributed by atoms with Gasteiger partial charge in [0.25, 0.3) is 5.91 Å². The lowest BCUT2D eigenvalue weighted by Crippen LogP contribution is -2.12. The molecule has 0 fully saturated rings. The molecule has 2 aromatic carbocycles. The van der Waals surface area contributed by atoms with E-state index in [1.54, 1.807) is 42.6 Å². The zero-order chi connectivity index (χ0) is 22.7. The Morgan fingerprint density at radius 1 is 1.09 bits per heavy atom. The molecule has 4 rings (SSSR count). The zero-order valence-electron chi connectivity index (χ0n) is 16.3. The predicted molar refractivity (Wildman–Crippen MR) is 120 cm³/mol. The minimum atomic E-state index is -0.529. The van der Waals surface area contributed by atoms with Gasteiger partial charge in [-0.3, -0.25) is 9.48 Å². The maximum Gasteiger partial charge on any atom is 0.292 e. The van der Waals surface area contributed by atoms with E-state index in [2.05, 4.69) is 10.4 Å². The van der Waals surface area contributed by atoms with Gasteiger partial charge in [-0.25, -0.2) is 4.39 Å². The third-order valence-electron chi connectivity index (χ3n) is 4.33. The summed E-state index contributed by atoms with van der Waals surface area (Å²) in [6, 6.07) is 14.1. The Hall–Kier alpha value is -3.00. The highest BCUT2D eigenvalue weighted by molar-refractivity contribution is 6.35. The molecule has 0 aliphatic heterocycles. The van der Waals surface area contributed by atoms with Crippen LogP contribution in [0, 0.1) is 5.82 Å². The molecule has 0 saturated heterocycles. The van der Waals surface area contributed by atoms with Crippen LogP contribution < -0.4 is 10.1 Å². The van der Waals surface area contributed by atoms with E-state index >= 15 is 0 Å². The van der Waals surface area contributed by atoms with Crippen molar-refractivity contribution in [2.75, 3.05) is 5.32 Å². The highest BCUT2D eigenvalue weighted by Gasteiger charge is 2.16. The molecule has 0 aliphatic rings. The number of halogens is 4. The third kappa shape index (κ3) is 5.43. The molecule has 164 valence electrons. The van der Waals surface area contributed by atoms with E-state index in [0.717, 1.165) is 0 Å². The third-order valence-corrected chi connectivity index (χ3v) is 5.14. The summed E-state index contributed by atoms with van der Waals surface area (Å²) >= 11 is 18.1. The van der Waals surface area contributed by atoms with Crippen molar-refractivity contribution in [1.29, 1.82) is 0 Å². The number of furan rings is 1. The van der Waals surface area contributed by atoms with Crippen LogP contribution in [0.3, 0.4) is 0 Å². The quantitative estimate of drug-likeness (QED) is 0.320. The number of carbonyl (C=O) groups excluding carboxylic acids is 1. The van der Waals surface area contributed by atoms with Crippen molar-refractivity contribution in [2.45, 2.75) is 13.2 Å². The van der Waals surface area contributed by atoms with Gasteiger partial charge in [-0.2, -0.15) is 5.10 Å². The molecule has 1 N–H and O–H groups in total. The Labute approximate surface area is 197 Å². The highest BCUT2D eigenvalue weighted by atomic mass is 35.5. The first kappa shape index (κ1) is 22.2. The normalized spacial score (nSPS) is 10.9. The molecular weight excluding hydrogens is 480 g/mol. The Balaban J connectivity index is 1.38. The minimum absolute atomic E-state index is 0.0570. The molecule has 0 saturated carbocycles. The molecule has 0 spiro atoms. The van der Waals surface area contributed by atoms with Crippen LogP contribution in [0.2, 0.25) is 15.1 Å². The number of anilines is 1. The number of benzene rings is 2. The van der Waals surface area contributed by atoms with Crippen LogP contribution in [0.4, 0.5) is 10.2 Å². The first-order chi connectivity index (χ1) is 15.4. The zero-order valence-corrected chi connectivity index (χ0v) is 18.6. The van der Waals surface area contributed by atoms with Gasteiger partial charge in [-0.15, -0.1) is 0 Å². The maximum atomic E-state index is 13.4. The smallest absolute Gasteiger partial charge is 0.292 e. The number of aromatic nitrogens is 2. The second kappa shape index (κ2) is 9.65. The number of rotatable bonds is 7. The van der Waals surface area contributed by atoms with Crippen molar-refractivity contribution in [3.8, 4) is 5.75 Å². The van der Waals surface area contributed by atoms with E-state index < -0.39 is 5.91 Å². The van der Waals surface area contributed by atoms with Crippen LogP contribution in [-0.4, -0.2) is 15.7 Å². The van der Waals surface area contributed by atoms with E-state index in [-0.39, 0.29) is 29.0 Å². The van der Waals surface area contributed by atoms with Crippen LogP contribution >= 0.6 is 34.8 Å². The first-order valence-corrected chi connectivity index (χ1v) is 10.5. The molecule has 0 bridgehead atoms. The fourth-order valence-corrected chi connectivity index (χ4v) is 3.53. The first-order valence-electron chi connectivity index (χ1n) is 9.33. The molecule has 1 amide bonds. The summed E-state index contributed by atoms with van der Waals surface area (Å²) < 4.78 is 26.0. The fraction of sp³-hybridized carbons (Fsp3) is 0.0909. The number of amides is 1. The van der Waals surface area contributed by atoms with E-state index in [4.69, 9.17) is 44.0 Å². The SMILES string of the molecule is O=C(Nc1nn(Cc2cccc(F)c2)cc1Cl)c1ccc(COc2ccc(Cl)cc2Cl)o1. The van der Waals surface area contributed by atoms with Crippen molar-refractivity contribution in [3.63, 3.8) is 0 Å². The Kier molecular flexibility index (Phi) is 6.69. The Morgan fingerprint density at radius 3 is 2.72 bits per heavy atom. The number of ether oxygens (including phenoxy) is 1. The monoisotopic (exact) mass is 493 g/mol. The van der Waals surface area contributed by atoms with Crippen LogP contribution in [0.15, 0.2) is 65.2 Å². The minimum Gasteiger partial charge on any atom is -0.484 e. The van der Waals surface area contributed by atoms with E-state index in [1.807, 2.05) is 0 Å². The Bertz CT molecular complexity index is 1270. The molecule has 0 atom stereocenters. The summed E-state index contributed by atoms with van der Waals surface area (Å²) in [5.41, 5.74) is 0.707. The van der Waals surface area contributed by atoms with E-state index in [0.29, 0.717) is 33.7 Å². The number of hydrogen-bond acceptors (Lipinski definition) is 4. The molecule has 2 aromatic heterocycles. The summed E-state index contributed by atoms with van der Waals surface area (Å²) in [5, 5.41) is 7.94. The van der Waals surface area contributed by atoms with Crippen molar-refractivity contribution < 1.29 is 18.3 Å². The predicted octanol–water partition coefficient (Wildman–Crippen LogP) is 6.46. The second-order valence-corrected chi connectivity index (χ2v) is 7.99. The topological polar surface area (TPSA) is 69.3 Å². The lowest BCUT2D eigenvalue weighted by molar-refractivity contribution is 0.0992. The number of carbonyl (C=O) groups is 1. The summed E-state index contributed by atoms with van der Waals surface area (Å²) in [5.74, 6) is 0.207. The van der Waals surface area contributed by atoms with E-state index in [1.165, 1.54) is 22.9 Å². The van der Waals surface area contributed by atoms with Crippen molar-refractivity contribution in [1.82, 2.24) is 9.78 Å². The van der Waals surface area contributed by atoms with Gasteiger partial charge in [0.05, 0.1) is 11.6 Å². The number of nitrogens with one attached hydrogen (secondary N) is 1. The summed E-state index contributed by atoms with van der Waals surface area (Å²) in [6.07, 6.45) is 1.54. The molecule has 0 aliphatic carbocycles. The van der Waals surface area contributed by atoms with Gasteiger partial charge in [0.2, 0.25) is 0 Å². The van der Waals surface area contributed by atoms with Crippen molar-refractivity contribution in [3.05, 3.63) is 98.8 Å².